The van der Waals surface area contributed by atoms with Gasteiger partial charge in [0.2, 0.25) is 10.0 Å². The summed E-state index contributed by atoms with van der Waals surface area (Å²) in [5.74, 6) is -0.963. The van der Waals surface area contributed by atoms with Crippen LogP contribution in [0.2, 0.25) is 0 Å². The fourth-order valence-corrected chi connectivity index (χ4v) is 4.93. The van der Waals surface area contributed by atoms with Crippen molar-refractivity contribution in [2.24, 2.45) is 0 Å². The number of carboxylic acid groups (broad SMARTS) is 1. The molecule has 0 saturated heterocycles. The number of nitrogens with one attached hydrogen (secondary N) is 1. The molecule has 1 aromatic heterocycles. The molecular formula is C13H20N2O4S2. The molecule has 1 heterocycles. The minimum Gasteiger partial charge on any atom is -0.481 e. The number of likely N-dealkylation sites (N-methyl/N-ethyl adjacent to an activating group) is 1. The largest absolute Gasteiger partial charge is 0.481 e. The van der Waals surface area contributed by atoms with E-state index < -0.39 is 16.0 Å². The van der Waals surface area contributed by atoms with Gasteiger partial charge in [0.15, 0.2) is 0 Å². The number of thiophene rings is 1. The van der Waals surface area contributed by atoms with Gasteiger partial charge in [-0.25, -0.2) is 13.1 Å². The van der Waals surface area contributed by atoms with Crippen molar-refractivity contribution in [2.45, 2.75) is 35.4 Å². The highest BCUT2D eigenvalue weighted by atomic mass is 32.2. The number of nitrogens with zero attached hydrogens (tertiary/aromatic N) is 1. The topological polar surface area (TPSA) is 86.7 Å². The quantitative estimate of drug-likeness (QED) is 0.782. The highest BCUT2D eigenvalue weighted by molar-refractivity contribution is 7.91. The van der Waals surface area contributed by atoms with Crippen LogP contribution < -0.4 is 4.72 Å². The van der Waals surface area contributed by atoms with Crippen LogP contribution >= 0.6 is 11.3 Å². The van der Waals surface area contributed by atoms with Gasteiger partial charge in [-0.05, 0) is 45.5 Å². The number of aliphatic carboxylic acids is 1. The molecule has 1 saturated carbocycles. The molecule has 2 N–H and O–H groups in total. The first-order valence-corrected chi connectivity index (χ1v) is 9.03. The van der Waals surface area contributed by atoms with Crippen molar-refractivity contribution < 1.29 is 18.3 Å². The Morgan fingerprint density at radius 1 is 1.43 bits per heavy atom. The van der Waals surface area contributed by atoms with Crippen molar-refractivity contribution in [1.82, 2.24) is 9.62 Å². The molecule has 0 spiro atoms. The predicted molar refractivity (Wildman–Crippen MR) is 81.1 cm³/mol. The van der Waals surface area contributed by atoms with Gasteiger partial charge in [-0.2, -0.15) is 0 Å². The van der Waals surface area contributed by atoms with Crippen LogP contribution in [0.1, 0.15) is 24.1 Å². The number of carboxylic acids is 1. The lowest BCUT2D eigenvalue weighted by atomic mass is 9.76. The lowest BCUT2D eigenvalue weighted by Crippen LogP contribution is -2.57. The van der Waals surface area contributed by atoms with Gasteiger partial charge in [0.1, 0.15) is 4.21 Å². The third-order valence-corrected chi connectivity index (χ3v) is 7.03. The third-order valence-electron chi connectivity index (χ3n) is 4.05. The van der Waals surface area contributed by atoms with Crippen LogP contribution in [0.5, 0.6) is 0 Å². The van der Waals surface area contributed by atoms with E-state index in [4.69, 9.17) is 5.11 Å². The van der Waals surface area contributed by atoms with Gasteiger partial charge < -0.3 is 10.0 Å². The maximum absolute atomic E-state index is 12.3. The fraction of sp³-hybridized carbons (Fsp3) is 0.615. The molecule has 1 fully saturated rings. The molecule has 2 rings (SSSR count). The van der Waals surface area contributed by atoms with Crippen LogP contribution in [0.3, 0.4) is 0 Å². The Kier molecular flexibility index (Phi) is 4.72. The van der Waals surface area contributed by atoms with Gasteiger partial charge in [0.25, 0.3) is 0 Å². The van der Waals surface area contributed by atoms with Gasteiger partial charge in [0.05, 0.1) is 6.42 Å². The summed E-state index contributed by atoms with van der Waals surface area (Å²) in [6.45, 7) is 0.383. The van der Waals surface area contributed by atoms with E-state index in [0.29, 0.717) is 11.4 Å². The highest BCUT2D eigenvalue weighted by Crippen LogP contribution is 2.36. The smallest absolute Gasteiger partial charge is 0.308 e. The molecule has 0 aliphatic heterocycles. The van der Waals surface area contributed by atoms with Crippen LogP contribution in [0, 0.1) is 0 Å². The molecule has 0 radical (unpaired) electrons. The number of carbonyl (C=O) groups is 1. The van der Waals surface area contributed by atoms with Gasteiger partial charge in [-0.15, -0.1) is 11.3 Å². The number of rotatable bonds is 7. The number of hydrogen-bond donors (Lipinski definition) is 2. The average Bonchev–Trinajstić information content (AvgIpc) is 2.75. The van der Waals surface area contributed by atoms with Gasteiger partial charge in [-0.1, -0.05) is 0 Å². The second-order valence-corrected chi connectivity index (χ2v) is 8.75. The summed E-state index contributed by atoms with van der Waals surface area (Å²) >= 11 is 1.01. The van der Waals surface area contributed by atoms with E-state index in [2.05, 4.69) is 9.62 Å². The van der Waals surface area contributed by atoms with E-state index in [-0.39, 0.29) is 16.2 Å². The SMILES string of the molecule is CN(C)C1(CNS(=O)(=O)c2ccc(CC(=O)O)s2)CCC1. The fourth-order valence-electron chi connectivity index (χ4n) is 2.41. The zero-order chi connectivity index (χ0) is 15.7. The van der Waals surface area contributed by atoms with Crippen molar-refractivity contribution in [1.29, 1.82) is 0 Å². The molecule has 0 bridgehead atoms. The van der Waals surface area contributed by atoms with E-state index in [1.165, 1.54) is 6.07 Å². The summed E-state index contributed by atoms with van der Waals surface area (Å²) in [6.07, 6.45) is 2.93. The molecule has 21 heavy (non-hydrogen) atoms. The summed E-state index contributed by atoms with van der Waals surface area (Å²) in [5, 5.41) is 8.73. The Balaban J connectivity index is 2.05. The highest BCUT2D eigenvalue weighted by Gasteiger charge is 2.39. The second kappa shape index (κ2) is 6.04. The van der Waals surface area contributed by atoms with E-state index in [0.717, 1.165) is 30.6 Å². The standard InChI is InChI=1S/C13H20N2O4S2/c1-15(2)13(6-3-7-13)9-14-21(18,19)12-5-4-10(20-12)8-11(16)17/h4-5,14H,3,6-9H2,1-2H3,(H,16,17). The molecule has 118 valence electrons. The Morgan fingerprint density at radius 3 is 2.57 bits per heavy atom. The molecule has 0 unspecified atom stereocenters. The molecule has 1 aliphatic carbocycles. The molecule has 0 amide bonds. The van der Waals surface area contributed by atoms with E-state index >= 15 is 0 Å². The lowest BCUT2D eigenvalue weighted by molar-refractivity contribution is -0.136. The predicted octanol–water partition coefficient (Wildman–Crippen LogP) is 1.14. The number of sulfonamides is 1. The van der Waals surface area contributed by atoms with Crippen LogP contribution in [0.4, 0.5) is 0 Å². The summed E-state index contributed by atoms with van der Waals surface area (Å²) in [4.78, 5) is 13.3. The summed E-state index contributed by atoms with van der Waals surface area (Å²) < 4.78 is 27.4. The normalized spacial score (nSPS) is 17.7. The maximum Gasteiger partial charge on any atom is 0.308 e. The van der Waals surface area contributed by atoms with Crippen molar-refractivity contribution in [3.8, 4) is 0 Å². The van der Waals surface area contributed by atoms with E-state index in [9.17, 15) is 13.2 Å². The van der Waals surface area contributed by atoms with Crippen LogP contribution in [0.15, 0.2) is 16.3 Å². The molecule has 6 nitrogen and oxygen atoms in total. The molecular weight excluding hydrogens is 312 g/mol. The first-order valence-electron chi connectivity index (χ1n) is 6.73. The second-order valence-electron chi connectivity index (χ2n) is 5.59. The van der Waals surface area contributed by atoms with Crippen molar-refractivity contribution in [3.63, 3.8) is 0 Å². The Bertz CT molecular complexity index is 618. The first-order chi connectivity index (χ1) is 9.75. The van der Waals surface area contributed by atoms with Crippen molar-refractivity contribution in [3.05, 3.63) is 17.0 Å². The molecule has 8 heteroatoms. The molecule has 1 aliphatic rings. The van der Waals surface area contributed by atoms with E-state index in [1.807, 2.05) is 14.1 Å². The Hall–Kier alpha value is -0.960. The first kappa shape index (κ1) is 16.4. The summed E-state index contributed by atoms with van der Waals surface area (Å²) in [5.41, 5.74) is -0.0891. The minimum atomic E-state index is -3.57. The summed E-state index contributed by atoms with van der Waals surface area (Å²) in [6, 6.07) is 3.02. The minimum absolute atomic E-state index is 0.0891. The Morgan fingerprint density at radius 2 is 2.10 bits per heavy atom. The zero-order valence-corrected chi connectivity index (χ0v) is 13.8. The van der Waals surface area contributed by atoms with Crippen LogP contribution in [-0.2, 0) is 21.2 Å². The number of hydrogen-bond acceptors (Lipinski definition) is 5. The summed E-state index contributed by atoms with van der Waals surface area (Å²) in [7, 11) is 0.355. The molecule has 0 atom stereocenters. The Labute approximate surface area is 128 Å². The third kappa shape index (κ3) is 3.63. The van der Waals surface area contributed by atoms with Gasteiger partial charge in [0, 0.05) is 17.0 Å². The average molecular weight is 332 g/mol. The van der Waals surface area contributed by atoms with Crippen molar-refractivity contribution in [2.75, 3.05) is 20.6 Å². The zero-order valence-electron chi connectivity index (χ0n) is 12.1. The van der Waals surface area contributed by atoms with Crippen molar-refractivity contribution >= 4 is 27.3 Å². The van der Waals surface area contributed by atoms with Gasteiger partial charge >= 0.3 is 5.97 Å². The lowest BCUT2D eigenvalue weighted by Gasteiger charge is -2.47. The van der Waals surface area contributed by atoms with Crippen LogP contribution in [0.25, 0.3) is 0 Å². The maximum atomic E-state index is 12.3. The molecule has 0 aromatic carbocycles. The van der Waals surface area contributed by atoms with Crippen LogP contribution in [-0.4, -0.2) is 50.6 Å². The molecule has 1 aromatic rings. The van der Waals surface area contributed by atoms with Gasteiger partial charge in [-0.3, -0.25) is 4.79 Å². The van der Waals surface area contributed by atoms with E-state index in [1.54, 1.807) is 6.07 Å². The monoisotopic (exact) mass is 332 g/mol.